The topological polar surface area (TPSA) is 63.7 Å². The van der Waals surface area contributed by atoms with Crippen molar-refractivity contribution in [1.29, 1.82) is 0 Å². The maximum atomic E-state index is 12.8. The zero-order valence-corrected chi connectivity index (χ0v) is 14.8. The van der Waals surface area contributed by atoms with Crippen LogP contribution in [0.3, 0.4) is 0 Å². The highest BCUT2D eigenvalue weighted by atomic mass is 32.2. The van der Waals surface area contributed by atoms with Crippen LogP contribution in [0.4, 0.5) is 4.79 Å². The Morgan fingerprint density at radius 2 is 1.83 bits per heavy atom. The third kappa shape index (κ3) is 3.42. The quantitative estimate of drug-likeness (QED) is 0.792. The minimum atomic E-state index is -3.97. The van der Waals surface area contributed by atoms with E-state index in [1.165, 1.54) is 18.2 Å². The molecule has 1 aromatic carbocycles. The molecule has 1 aliphatic heterocycles. The van der Waals surface area contributed by atoms with Crippen LogP contribution in [0.1, 0.15) is 32.8 Å². The van der Waals surface area contributed by atoms with E-state index in [4.69, 9.17) is 4.74 Å². The van der Waals surface area contributed by atoms with Crippen molar-refractivity contribution in [3.05, 3.63) is 42.5 Å². The van der Waals surface area contributed by atoms with Crippen molar-refractivity contribution in [2.45, 2.75) is 51.2 Å². The summed E-state index contributed by atoms with van der Waals surface area (Å²) in [4.78, 5) is 12.5. The number of ether oxygens (including phenoxy) is 1. The van der Waals surface area contributed by atoms with Crippen molar-refractivity contribution in [1.82, 2.24) is 4.31 Å². The number of benzene rings is 1. The van der Waals surface area contributed by atoms with Crippen molar-refractivity contribution in [3.8, 4) is 0 Å². The lowest BCUT2D eigenvalue weighted by molar-refractivity contribution is -0.0184. The van der Waals surface area contributed by atoms with E-state index in [1.807, 2.05) is 27.7 Å². The minimum Gasteiger partial charge on any atom is -0.445 e. The van der Waals surface area contributed by atoms with Crippen molar-refractivity contribution >= 4 is 16.1 Å². The van der Waals surface area contributed by atoms with E-state index in [2.05, 4.69) is 6.58 Å². The first-order valence-electron chi connectivity index (χ1n) is 7.51. The molecule has 1 aromatic rings. The maximum absolute atomic E-state index is 12.8. The summed E-state index contributed by atoms with van der Waals surface area (Å²) in [6.07, 6.45) is 0.679. The predicted octanol–water partition coefficient (Wildman–Crippen LogP) is 3.50. The first-order chi connectivity index (χ1) is 10.6. The van der Waals surface area contributed by atoms with E-state index in [0.717, 1.165) is 9.87 Å². The van der Waals surface area contributed by atoms with Crippen LogP contribution in [-0.4, -0.2) is 31.0 Å². The van der Waals surface area contributed by atoms with E-state index in [9.17, 15) is 13.2 Å². The second kappa shape index (κ2) is 6.00. The van der Waals surface area contributed by atoms with E-state index in [-0.39, 0.29) is 16.4 Å². The number of carbonyl (C=O) groups is 1. The molecule has 126 valence electrons. The summed E-state index contributed by atoms with van der Waals surface area (Å²) in [6.45, 7) is 11.4. The number of cyclic esters (lactones) is 1. The number of amides is 1. The molecule has 5 nitrogen and oxygen atoms in total. The van der Waals surface area contributed by atoms with Crippen molar-refractivity contribution in [2.24, 2.45) is 5.41 Å². The summed E-state index contributed by atoms with van der Waals surface area (Å²) in [5.41, 5.74) is 0.676. The lowest BCUT2D eigenvalue weighted by Gasteiger charge is -2.41. The Balaban J connectivity index is 2.40. The van der Waals surface area contributed by atoms with Gasteiger partial charge >= 0.3 is 6.09 Å². The SMILES string of the molecule is C=C[C@H]1C[C@H](C(C)(C)C)OC(=O)N1S(=O)(=O)c1ccc(C)cc1. The van der Waals surface area contributed by atoms with Gasteiger partial charge in [-0.2, -0.15) is 4.31 Å². The summed E-state index contributed by atoms with van der Waals surface area (Å²) in [5.74, 6) is 0. The third-order valence-corrected chi connectivity index (χ3v) is 5.80. The summed E-state index contributed by atoms with van der Waals surface area (Å²) in [5, 5.41) is 0. The Morgan fingerprint density at radius 1 is 1.26 bits per heavy atom. The summed E-state index contributed by atoms with van der Waals surface area (Å²) in [6, 6.07) is 5.76. The number of hydrogen-bond donors (Lipinski definition) is 0. The van der Waals surface area contributed by atoms with Gasteiger partial charge in [0.15, 0.2) is 0 Å². The zero-order chi connectivity index (χ0) is 17.4. The van der Waals surface area contributed by atoms with Gasteiger partial charge in [-0.15, -0.1) is 6.58 Å². The lowest BCUT2D eigenvalue weighted by atomic mass is 9.84. The molecule has 0 N–H and O–H groups in total. The van der Waals surface area contributed by atoms with E-state index < -0.39 is 22.2 Å². The lowest BCUT2D eigenvalue weighted by Crippen LogP contribution is -2.53. The van der Waals surface area contributed by atoms with Gasteiger partial charge in [0.1, 0.15) is 6.10 Å². The predicted molar refractivity (Wildman–Crippen MR) is 88.5 cm³/mol. The molecule has 1 fully saturated rings. The van der Waals surface area contributed by atoms with Gasteiger partial charge in [-0.05, 0) is 24.5 Å². The highest BCUT2D eigenvalue weighted by Crippen LogP contribution is 2.34. The first kappa shape index (κ1) is 17.5. The molecule has 0 aromatic heterocycles. The van der Waals surface area contributed by atoms with E-state index >= 15 is 0 Å². The van der Waals surface area contributed by atoms with Gasteiger partial charge in [0.2, 0.25) is 0 Å². The molecule has 0 bridgehead atoms. The monoisotopic (exact) mass is 337 g/mol. The molecular weight excluding hydrogens is 314 g/mol. The smallest absolute Gasteiger partial charge is 0.424 e. The van der Waals surface area contributed by atoms with Gasteiger partial charge < -0.3 is 4.74 Å². The van der Waals surface area contributed by atoms with E-state index in [0.29, 0.717) is 6.42 Å². The fourth-order valence-corrected chi connectivity index (χ4v) is 3.97. The molecule has 0 radical (unpaired) electrons. The van der Waals surface area contributed by atoms with Crippen LogP contribution < -0.4 is 0 Å². The Bertz CT molecular complexity index is 701. The van der Waals surface area contributed by atoms with Crippen LogP contribution in [0.5, 0.6) is 0 Å². The van der Waals surface area contributed by atoms with Gasteiger partial charge in [0, 0.05) is 6.42 Å². The van der Waals surface area contributed by atoms with Crippen molar-refractivity contribution in [3.63, 3.8) is 0 Å². The molecule has 2 atom stereocenters. The number of carbonyl (C=O) groups excluding carboxylic acids is 1. The molecule has 0 aliphatic carbocycles. The van der Waals surface area contributed by atoms with Gasteiger partial charge in [0.25, 0.3) is 10.0 Å². The van der Waals surface area contributed by atoms with Crippen LogP contribution >= 0.6 is 0 Å². The van der Waals surface area contributed by atoms with Crippen LogP contribution in [-0.2, 0) is 14.8 Å². The summed E-state index contributed by atoms with van der Waals surface area (Å²) < 4.78 is 31.8. The van der Waals surface area contributed by atoms with E-state index in [1.54, 1.807) is 12.1 Å². The second-order valence-corrected chi connectivity index (χ2v) is 8.71. The normalized spacial score (nSPS) is 22.6. The molecule has 1 heterocycles. The Kier molecular flexibility index (Phi) is 4.57. The van der Waals surface area contributed by atoms with Gasteiger partial charge in [-0.1, -0.05) is 44.5 Å². The first-order valence-corrected chi connectivity index (χ1v) is 8.95. The zero-order valence-electron chi connectivity index (χ0n) is 13.9. The molecule has 6 heteroatoms. The van der Waals surface area contributed by atoms with Crippen LogP contribution in [0.2, 0.25) is 0 Å². The molecular formula is C17H23NO4S. The number of rotatable bonds is 3. The largest absolute Gasteiger partial charge is 0.445 e. The average Bonchev–Trinajstić information content (AvgIpc) is 2.45. The standard InChI is InChI=1S/C17H23NO4S/c1-6-13-11-15(17(3,4)5)22-16(19)18(13)23(20,21)14-9-7-12(2)8-10-14/h6-10,13,15H,1,11H2,2-5H3/t13-,15+/m0/s1. The summed E-state index contributed by atoms with van der Waals surface area (Å²) >= 11 is 0. The van der Waals surface area contributed by atoms with Crippen molar-refractivity contribution in [2.75, 3.05) is 0 Å². The number of hydrogen-bond acceptors (Lipinski definition) is 4. The highest BCUT2D eigenvalue weighted by Gasteiger charge is 2.45. The maximum Gasteiger partial charge on any atom is 0.424 e. The number of nitrogens with zero attached hydrogens (tertiary/aromatic N) is 1. The van der Waals surface area contributed by atoms with Gasteiger partial charge in [-0.25, -0.2) is 13.2 Å². The third-order valence-electron chi connectivity index (χ3n) is 4.00. The summed E-state index contributed by atoms with van der Waals surface area (Å²) in [7, 11) is -3.97. The fourth-order valence-electron chi connectivity index (χ4n) is 2.49. The Hall–Kier alpha value is -1.82. The number of sulfonamides is 1. The van der Waals surface area contributed by atoms with Gasteiger partial charge in [0.05, 0.1) is 10.9 Å². The molecule has 2 rings (SSSR count). The minimum absolute atomic E-state index is 0.0705. The molecule has 1 aliphatic rings. The van der Waals surface area contributed by atoms with Crippen molar-refractivity contribution < 1.29 is 17.9 Å². The molecule has 1 amide bonds. The highest BCUT2D eigenvalue weighted by molar-refractivity contribution is 7.89. The van der Waals surface area contributed by atoms with Crippen LogP contribution in [0, 0.1) is 12.3 Å². The molecule has 0 unspecified atom stereocenters. The van der Waals surface area contributed by atoms with Gasteiger partial charge in [-0.3, -0.25) is 0 Å². The second-order valence-electron chi connectivity index (χ2n) is 6.89. The molecule has 1 saturated heterocycles. The molecule has 0 spiro atoms. The molecule has 23 heavy (non-hydrogen) atoms. The Morgan fingerprint density at radius 3 is 2.30 bits per heavy atom. The van der Waals surface area contributed by atoms with Crippen LogP contribution in [0.25, 0.3) is 0 Å². The Labute approximate surface area is 138 Å². The average molecular weight is 337 g/mol. The fraction of sp³-hybridized carbons (Fsp3) is 0.471. The molecule has 0 saturated carbocycles. The van der Waals surface area contributed by atoms with Crippen LogP contribution in [0.15, 0.2) is 41.8 Å². The number of aryl methyl sites for hydroxylation is 1.